The van der Waals surface area contributed by atoms with Crippen molar-refractivity contribution in [2.75, 3.05) is 26.1 Å². The summed E-state index contributed by atoms with van der Waals surface area (Å²) in [6.45, 7) is -0.421. The number of hydrogen-bond donors (Lipinski definition) is 3. The number of aliphatic hydroxyl groups is 1. The number of phosphoric acid groups is 1. The molecule has 4 unspecified atom stereocenters. The molecular weight excluding hydrogens is 425 g/mol. The van der Waals surface area contributed by atoms with E-state index in [1.54, 1.807) is 0 Å². The zero-order chi connectivity index (χ0) is 21.9. The van der Waals surface area contributed by atoms with Crippen molar-refractivity contribution in [2.24, 2.45) is 0 Å². The Kier molecular flexibility index (Phi) is 6.92. The second-order valence-electron chi connectivity index (χ2n) is 6.93. The van der Waals surface area contributed by atoms with Gasteiger partial charge in [-0.05, 0) is 25.3 Å². The van der Waals surface area contributed by atoms with E-state index < -0.39 is 43.7 Å². The predicted molar refractivity (Wildman–Crippen MR) is 98.9 cm³/mol. The summed E-state index contributed by atoms with van der Waals surface area (Å²) in [5.41, 5.74) is 4.88. The van der Waals surface area contributed by atoms with Crippen LogP contribution in [0.15, 0.2) is 17.1 Å². The molecule has 4 N–H and O–H groups in total. The normalized spacial score (nSPS) is 31.2. The van der Waals surface area contributed by atoms with Gasteiger partial charge in [0.05, 0.1) is 32.5 Å². The van der Waals surface area contributed by atoms with E-state index in [0.717, 1.165) is 7.11 Å². The SMILES string of the molecule is COC(=O)C1(OP(=O)(O)OCC2CC[C@H](n3ccc(N)nc3=O)O2)CC(O)CCO1. The lowest BCUT2D eigenvalue weighted by atomic mass is 10.0. The van der Waals surface area contributed by atoms with Gasteiger partial charge in [0, 0.05) is 12.6 Å². The molecule has 0 amide bonds. The summed E-state index contributed by atoms with van der Waals surface area (Å²) in [6, 6.07) is 1.45. The average Bonchev–Trinajstić information content (AvgIpc) is 3.14. The Morgan fingerprint density at radius 2 is 2.23 bits per heavy atom. The van der Waals surface area contributed by atoms with Gasteiger partial charge in [-0.2, -0.15) is 4.98 Å². The van der Waals surface area contributed by atoms with Gasteiger partial charge in [0.15, 0.2) is 0 Å². The summed E-state index contributed by atoms with van der Waals surface area (Å²) in [7, 11) is -3.74. The number of methoxy groups -OCH3 is 1. The highest BCUT2D eigenvalue weighted by Crippen LogP contribution is 2.50. The third kappa shape index (κ3) is 5.24. The number of esters is 1. The van der Waals surface area contributed by atoms with Crippen LogP contribution in [-0.2, 0) is 32.6 Å². The second-order valence-corrected chi connectivity index (χ2v) is 8.31. The van der Waals surface area contributed by atoms with E-state index in [2.05, 4.69) is 9.72 Å². The van der Waals surface area contributed by atoms with Gasteiger partial charge in [-0.25, -0.2) is 18.7 Å². The minimum atomic E-state index is -4.79. The van der Waals surface area contributed by atoms with Gasteiger partial charge >= 0.3 is 19.5 Å². The zero-order valence-electron chi connectivity index (χ0n) is 16.2. The number of nitrogens with zero attached hydrogens (tertiary/aromatic N) is 2. The topological polar surface area (TPSA) is 182 Å². The van der Waals surface area contributed by atoms with Gasteiger partial charge < -0.3 is 29.9 Å². The van der Waals surface area contributed by atoms with Gasteiger partial charge in [0.25, 0.3) is 5.79 Å². The van der Waals surface area contributed by atoms with Crippen LogP contribution in [0.4, 0.5) is 5.82 Å². The molecular formula is C16H24N3O10P. The second kappa shape index (κ2) is 9.10. The highest BCUT2D eigenvalue weighted by Gasteiger charge is 2.52. The molecule has 1 aromatic heterocycles. The summed E-state index contributed by atoms with van der Waals surface area (Å²) in [5.74, 6) is -3.23. The minimum Gasteiger partial charge on any atom is -0.465 e. The molecule has 3 heterocycles. The van der Waals surface area contributed by atoms with Crippen LogP contribution in [0, 0.1) is 0 Å². The lowest BCUT2D eigenvalue weighted by molar-refractivity contribution is -0.244. The van der Waals surface area contributed by atoms with E-state index in [9.17, 15) is 24.2 Å². The first-order valence-electron chi connectivity index (χ1n) is 9.23. The van der Waals surface area contributed by atoms with Gasteiger partial charge in [-0.15, -0.1) is 0 Å². The Morgan fingerprint density at radius 1 is 1.47 bits per heavy atom. The highest BCUT2D eigenvalue weighted by atomic mass is 31.2. The first kappa shape index (κ1) is 22.8. The van der Waals surface area contributed by atoms with Crippen molar-refractivity contribution in [3.63, 3.8) is 0 Å². The standard InChI is InChI=1S/C16H24N3O10P/c1-25-14(21)16(8-10(20)5-7-26-16)29-30(23,24)27-9-11-2-3-13(28-11)19-6-4-12(17)18-15(19)22/h4,6,10-11,13,20H,2-3,5,7-9H2,1H3,(H,23,24)(H2,17,18,22)/t10?,11?,13-,16?/m1/s1. The number of aliphatic hydroxyl groups excluding tert-OH is 1. The quantitative estimate of drug-likeness (QED) is 0.365. The van der Waals surface area contributed by atoms with Crippen LogP contribution in [0.2, 0.25) is 0 Å². The largest absolute Gasteiger partial charge is 0.475 e. The van der Waals surface area contributed by atoms with Crippen LogP contribution >= 0.6 is 7.82 Å². The molecule has 2 fully saturated rings. The van der Waals surface area contributed by atoms with Crippen molar-refractivity contribution in [2.45, 2.75) is 49.9 Å². The van der Waals surface area contributed by atoms with E-state index in [0.29, 0.717) is 12.8 Å². The van der Waals surface area contributed by atoms with Crippen LogP contribution in [0.1, 0.15) is 31.9 Å². The number of carbonyl (C=O) groups is 1. The average molecular weight is 449 g/mol. The van der Waals surface area contributed by atoms with Crippen molar-refractivity contribution in [1.82, 2.24) is 9.55 Å². The Hall–Kier alpha value is -1.86. The van der Waals surface area contributed by atoms with Gasteiger partial charge in [-0.3, -0.25) is 9.09 Å². The number of rotatable bonds is 7. The molecule has 13 nitrogen and oxygen atoms in total. The summed E-state index contributed by atoms with van der Waals surface area (Å²) in [6.07, 6.45) is -0.0609. The molecule has 2 aliphatic rings. The summed E-state index contributed by atoms with van der Waals surface area (Å²) >= 11 is 0. The molecule has 0 bridgehead atoms. The Bertz CT molecular complexity index is 879. The van der Waals surface area contributed by atoms with Crippen LogP contribution in [0.25, 0.3) is 0 Å². The number of nitrogens with two attached hydrogens (primary N) is 1. The van der Waals surface area contributed by atoms with Crippen molar-refractivity contribution in [3.8, 4) is 0 Å². The van der Waals surface area contributed by atoms with Crippen LogP contribution < -0.4 is 11.4 Å². The third-order valence-corrected chi connectivity index (χ3v) is 5.72. The Balaban J connectivity index is 1.60. The van der Waals surface area contributed by atoms with Crippen LogP contribution in [0.5, 0.6) is 0 Å². The minimum absolute atomic E-state index is 0.0753. The van der Waals surface area contributed by atoms with Gasteiger partial charge in [-0.1, -0.05) is 0 Å². The molecule has 168 valence electrons. The molecule has 3 rings (SSSR count). The fourth-order valence-corrected chi connectivity index (χ4v) is 4.26. The van der Waals surface area contributed by atoms with E-state index in [1.807, 2.05) is 0 Å². The van der Waals surface area contributed by atoms with Gasteiger partial charge in [0.1, 0.15) is 12.0 Å². The molecule has 0 spiro atoms. The molecule has 0 saturated carbocycles. The van der Waals surface area contributed by atoms with Crippen LogP contribution in [-0.4, -0.2) is 63.8 Å². The number of hydrogen-bond acceptors (Lipinski definition) is 11. The number of nitrogen functional groups attached to an aromatic ring is 1. The van der Waals surface area contributed by atoms with Crippen molar-refractivity contribution in [3.05, 3.63) is 22.7 Å². The molecule has 0 radical (unpaired) electrons. The maximum absolute atomic E-state index is 12.4. The molecule has 0 aliphatic carbocycles. The summed E-state index contributed by atoms with van der Waals surface area (Å²) in [4.78, 5) is 37.7. The molecule has 1 aromatic rings. The Morgan fingerprint density at radius 3 is 2.90 bits per heavy atom. The molecule has 30 heavy (non-hydrogen) atoms. The zero-order valence-corrected chi connectivity index (χ0v) is 17.1. The maximum atomic E-state index is 12.4. The fourth-order valence-electron chi connectivity index (χ4n) is 3.28. The maximum Gasteiger partial charge on any atom is 0.475 e. The van der Waals surface area contributed by atoms with Crippen molar-refractivity contribution >= 4 is 19.6 Å². The summed E-state index contributed by atoms with van der Waals surface area (Å²) < 4.78 is 39.1. The first-order chi connectivity index (χ1) is 14.1. The Labute approximate surface area is 171 Å². The molecule has 2 aliphatic heterocycles. The number of anilines is 1. The summed E-state index contributed by atoms with van der Waals surface area (Å²) in [5, 5.41) is 9.82. The highest BCUT2D eigenvalue weighted by molar-refractivity contribution is 7.47. The lowest BCUT2D eigenvalue weighted by Gasteiger charge is -2.36. The molecule has 2 saturated heterocycles. The number of phosphoric ester groups is 1. The lowest BCUT2D eigenvalue weighted by Crippen LogP contribution is -2.50. The van der Waals surface area contributed by atoms with Crippen LogP contribution in [0.3, 0.4) is 0 Å². The van der Waals surface area contributed by atoms with Crippen molar-refractivity contribution < 1.29 is 42.6 Å². The number of carbonyl (C=O) groups excluding carboxylic acids is 1. The van der Waals surface area contributed by atoms with Gasteiger partial charge in [0.2, 0.25) is 0 Å². The first-order valence-corrected chi connectivity index (χ1v) is 10.7. The van der Waals surface area contributed by atoms with E-state index >= 15 is 0 Å². The number of ether oxygens (including phenoxy) is 3. The molecule has 5 atom stereocenters. The molecule has 14 heteroatoms. The predicted octanol–water partition coefficient (Wildman–Crippen LogP) is -0.323. The van der Waals surface area contributed by atoms with E-state index in [4.69, 9.17) is 24.3 Å². The van der Waals surface area contributed by atoms with E-state index in [-0.39, 0.29) is 31.9 Å². The third-order valence-electron chi connectivity index (χ3n) is 4.72. The van der Waals surface area contributed by atoms with E-state index in [1.165, 1.54) is 16.8 Å². The molecule has 0 aromatic carbocycles. The monoisotopic (exact) mass is 449 g/mol. The fraction of sp³-hybridized carbons (Fsp3) is 0.688. The number of aromatic nitrogens is 2. The van der Waals surface area contributed by atoms with Crippen molar-refractivity contribution in [1.29, 1.82) is 0 Å². The smallest absolute Gasteiger partial charge is 0.465 e.